The average Bonchev–Trinajstić information content (AvgIpc) is 2.97. The van der Waals surface area contributed by atoms with Crippen molar-refractivity contribution in [3.63, 3.8) is 0 Å². The highest BCUT2D eigenvalue weighted by Gasteiger charge is 2.19. The van der Waals surface area contributed by atoms with Crippen LogP contribution in [0.4, 0.5) is 0 Å². The number of halogens is 1. The van der Waals surface area contributed by atoms with Gasteiger partial charge in [0.25, 0.3) is 5.91 Å². The molecule has 5 heteroatoms. The lowest BCUT2D eigenvalue weighted by atomic mass is 10.2. The fourth-order valence-electron chi connectivity index (χ4n) is 2.17. The van der Waals surface area contributed by atoms with Gasteiger partial charge in [0.2, 0.25) is 0 Å². The Morgan fingerprint density at radius 2 is 2.39 bits per heavy atom. The van der Waals surface area contributed by atoms with Gasteiger partial charge in [0.05, 0.1) is 4.88 Å². The van der Waals surface area contributed by atoms with Gasteiger partial charge >= 0.3 is 0 Å². The minimum Gasteiger partial charge on any atom is -0.347 e. The van der Waals surface area contributed by atoms with Gasteiger partial charge in [-0.3, -0.25) is 4.79 Å². The third-order valence-corrected chi connectivity index (χ3v) is 4.92. The number of carbonyl (C=O) groups excluding carboxylic acids is 1. The largest absolute Gasteiger partial charge is 0.347 e. The molecular weight excluding hydrogens is 312 g/mol. The first-order valence-electron chi connectivity index (χ1n) is 5.94. The summed E-state index contributed by atoms with van der Waals surface area (Å²) in [6, 6.07) is 8.26. The smallest absolute Gasteiger partial charge is 0.261 e. The Bertz CT molecular complexity index is 590. The summed E-state index contributed by atoms with van der Waals surface area (Å²) >= 11 is 5.05. The molecule has 1 amide bonds. The number of hydrogen-bond donors (Lipinski definition) is 2. The number of amides is 1. The molecule has 3 nitrogen and oxygen atoms in total. The van der Waals surface area contributed by atoms with Crippen molar-refractivity contribution in [1.82, 2.24) is 10.6 Å². The molecule has 1 aromatic carbocycles. The van der Waals surface area contributed by atoms with Gasteiger partial charge in [-0.05, 0) is 31.2 Å². The second-order valence-electron chi connectivity index (χ2n) is 4.43. The lowest BCUT2D eigenvalue weighted by molar-refractivity contribution is 0.0944. The first-order valence-corrected chi connectivity index (χ1v) is 7.54. The molecule has 0 aliphatic carbocycles. The van der Waals surface area contributed by atoms with Crippen LogP contribution in [0, 0.1) is 0 Å². The minimum atomic E-state index is 0.0387. The molecule has 1 aromatic heterocycles. The van der Waals surface area contributed by atoms with Gasteiger partial charge < -0.3 is 10.6 Å². The van der Waals surface area contributed by atoms with Crippen molar-refractivity contribution in [3.8, 4) is 0 Å². The lowest BCUT2D eigenvalue weighted by Gasteiger charge is -2.09. The van der Waals surface area contributed by atoms with Gasteiger partial charge in [0.1, 0.15) is 0 Å². The molecule has 18 heavy (non-hydrogen) atoms. The summed E-state index contributed by atoms with van der Waals surface area (Å²) < 4.78 is 2.18. The maximum Gasteiger partial charge on any atom is 0.261 e. The van der Waals surface area contributed by atoms with E-state index in [4.69, 9.17) is 0 Å². The molecule has 1 fully saturated rings. The second kappa shape index (κ2) is 4.99. The van der Waals surface area contributed by atoms with E-state index in [1.807, 2.05) is 24.3 Å². The molecule has 0 saturated carbocycles. The van der Waals surface area contributed by atoms with Crippen LogP contribution in [0.2, 0.25) is 0 Å². The monoisotopic (exact) mass is 324 g/mol. The Hall–Kier alpha value is -0.910. The van der Waals surface area contributed by atoms with Crippen molar-refractivity contribution in [2.75, 3.05) is 13.1 Å². The fraction of sp³-hybridized carbons (Fsp3) is 0.308. The zero-order chi connectivity index (χ0) is 12.5. The summed E-state index contributed by atoms with van der Waals surface area (Å²) in [5.74, 6) is 0.0387. The van der Waals surface area contributed by atoms with Crippen LogP contribution in [0.15, 0.2) is 28.7 Å². The molecule has 0 radical (unpaired) electrons. The number of fused-ring (bicyclic) bond motifs is 1. The fourth-order valence-corrected chi connectivity index (χ4v) is 3.77. The summed E-state index contributed by atoms with van der Waals surface area (Å²) in [4.78, 5) is 12.9. The van der Waals surface area contributed by atoms with Crippen LogP contribution >= 0.6 is 27.3 Å². The predicted molar refractivity (Wildman–Crippen MR) is 78.3 cm³/mol. The summed E-state index contributed by atoms with van der Waals surface area (Å²) in [5.41, 5.74) is 0. The van der Waals surface area contributed by atoms with Crippen molar-refractivity contribution in [1.29, 1.82) is 0 Å². The molecule has 1 aliphatic rings. The number of thiophene rings is 1. The highest BCUT2D eigenvalue weighted by molar-refractivity contribution is 9.10. The molecular formula is C13H13BrN2OS. The number of benzene rings is 1. The van der Waals surface area contributed by atoms with E-state index in [1.165, 1.54) is 0 Å². The van der Waals surface area contributed by atoms with Crippen LogP contribution in [0.1, 0.15) is 16.1 Å². The van der Waals surface area contributed by atoms with E-state index in [9.17, 15) is 4.79 Å². The Morgan fingerprint density at radius 1 is 1.50 bits per heavy atom. The van der Waals surface area contributed by atoms with Gasteiger partial charge in [-0.1, -0.05) is 22.0 Å². The standard InChI is InChI=1S/C13H13BrN2OS/c14-10-2-1-3-11-9(10)6-12(18-11)13(17)16-8-4-5-15-7-8/h1-3,6,8,15H,4-5,7H2,(H,16,17)/t8-/m1/s1. The van der Waals surface area contributed by atoms with Crippen LogP contribution in [0.25, 0.3) is 10.1 Å². The minimum absolute atomic E-state index is 0.0387. The number of hydrogen-bond acceptors (Lipinski definition) is 3. The number of nitrogens with one attached hydrogen (secondary N) is 2. The predicted octanol–water partition coefficient (Wildman–Crippen LogP) is 2.76. The van der Waals surface area contributed by atoms with Crippen LogP contribution in [0.3, 0.4) is 0 Å². The molecule has 0 spiro atoms. The Balaban J connectivity index is 1.85. The summed E-state index contributed by atoms with van der Waals surface area (Å²) in [5, 5.41) is 7.42. The summed E-state index contributed by atoms with van der Waals surface area (Å²) in [6.07, 6.45) is 1.01. The quantitative estimate of drug-likeness (QED) is 0.891. The number of carbonyl (C=O) groups is 1. The first kappa shape index (κ1) is 12.1. The van der Waals surface area contributed by atoms with Crippen molar-refractivity contribution in [2.45, 2.75) is 12.5 Å². The van der Waals surface area contributed by atoms with Gasteiger partial charge in [-0.2, -0.15) is 0 Å². The van der Waals surface area contributed by atoms with E-state index < -0.39 is 0 Å². The highest BCUT2D eigenvalue weighted by Crippen LogP contribution is 2.31. The third-order valence-electron chi connectivity index (χ3n) is 3.13. The summed E-state index contributed by atoms with van der Waals surface area (Å²) in [6.45, 7) is 1.86. The van der Waals surface area contributed by atoms with Crippen molar-refractivity contribution < 1.29 is 4.79 Å². The van der Waals surface area contributed by atoms with E-state index in [2.05, 4.69) is 26.6 Å². The SMILES string of the molecule is O=C(N[C@@H]1CCNC1)c1cc2c(Br)cccc2s1. The van der Waals surface area contributed by atoms with Crippen LogP contribution in [0.5, 0.6) is 0 Å². The van der Waals surface area contributed by atoms with E-state index in [0.29, 0.717) is 0 Å². The molecule has 1 saturated heterocycles. The molecule has 1 atom stereocenters. The van der Waals surface area contributed by atoms with E-state index >= 15 is 0 Å². The molecule has 2 aromatic rings. The normalized spacial score (nSPS) is 19.3. The molecule has 2 heterocycles. The maximum absolute atomic E-state index is 12.1. The van der Waals surface area contributed by atoms with Gasteiger partial charge in [-0.25, -0.2) is 0 Å². The number of rotatable bonds is 2. The van der Waals surface area contributed by atoms with Crippen molar-refractivity contribution in [3.05, 3.63) is 33.6 Å². The van der Waals surface area contributed by atoms with Crippen LogP contribution in [-0.2, 0) is 0 Å². The highest BCUT2D eigenvalue weighted by atomic mass is 79.9. The van der Waals surface area contributed by atoms with Crippen molar-refractivity contribution >= 4 is 43.3 Å². The lowest BCUT2D eigenvalue weighted by Crippen LogP contribution is -2.35. The molecule has 0 bridgehead atoms. The van der Waals surface area contributed by atoms with E-state index in [0.717, 1.165) is 38.9 Å². The Morgan fingerprint density at radius 3 is 3.11 bits per heavy atom. The van der Waals surface area contributed by atoms with Crippen LogP contribution in [-0.4, -0.2) is 25.0 Å². The topological polar surface area (TPSA) is 41.1 Å². The van der Waals surface area contributed by atoms with E-state index in [-0.39, 0.29) is 11.9 Å². The third kappa shape index (κ3) is 2.30. The zero-order valence-corrected chi connectivity index (χ0v) is 12.1. The van der Waals surface area contributed by atoms with Gasteiger partial charge in [-0.15, -0.1) is 11.3 Å². The first-order chi connectivity index (χ1) is 8.74. The Labute approximate surface area is 118 Å². The van der Waals surface area contributed by atoms with E-state index in [1.54, 1.807) is 11.3 Å². The molecule has 1 aliphatic heterocycles. The zero-order valence-electron chi connectivity index (χ0n) is 9.70. The maximum atomic E-state index is 12.1. The molecule has 94 valence electrons. The van der Waals surface area contributed by atoms with Crippen LogP contribution < -0.4 is 10.6 Å². The van der Waals surface area contributed by atoms with Gasteiger partial charge in [0, 0.05) is 27.1 Å². The van der Waals surface area contributed by atoms with Gasteiger partial charge in [0.15, 0.2) is 0 Å². The molecule has 2 N–H and O–H groups in total. The average molecular weight is 325 g/mol. The second-order valence-corrected chi connectivity index (χ2v) is 6.36. The molecule has 0 unspecified atom stereocenters. The summed E-state index contributed by atoms with van der Waals surface area (Å²) in [7, 11) is 0. The van der Waals surface area contributed by atoms with Crippen molar-refractivity contribution in [2.24, 2.45) is 0 Å². The Kier molecular flexibility index (Phi) is 3.37. The molecule has 3 rings (SSSR count).